The van der Waals surface area contributed by atoms with Gasteiger partial charge >= 0.3 is 0 Å². The van der Waals surface area contributed by atoms with E-state index in [1.807, 2.05) is 36.7 Å². The van der Waals surface area contributed by atoms with Gasteiger partial charge in [0.15, 0.2) is 5.65 Å². The fourth-order valence-corrected chi connectivity index (χ4v) is 2.50. The van der Waals surface area contributed by atoms with Crippen LogP contribution < -0.4 is 5.73 Å². The summed E-state index contributed by atoms with van der Waals surface area (Å²) in [6.45, 7) is 4.63. The Morgan fingerprint density at radius 3 is 2.86 bits per heavy atom. The Bertz CT molecular complexity index is 810. The maximum Gasteiger partial charge on any atom is 0.160 e. The Morgan fingerprint density at radius 2 is 2.14 bits per heavy atom. The van der Waals surface area contributed by atoms with Crippen molar-refractivity contribution in [2.75, 3.05) is 0 Å². The summed E-state index contributed by atoms with van der Waals surface area (Å²) in [6.07, 6.45) is 2.67. The fraction of sp³-hybridized carbons (Fsp3) is 0.294. The lowest BCUT2D eigenvalue weighted by Gasteiger charge is -2.13. The van der Waals surface area contributed by atoms with Gasteiger partial charge in [-0.2, -0.15) is 0 Å². The normalized spacial score (nSPS) is 12.7. The van der Waals surface area contributed by atoms with Crippen LogP contribution in [0.2, 0.25) is 0 Å². The SMILES string of the molecule is CCC(N)Cn1c(-c2cccc(F)c2)nc2cc(C)cnc21. The van der Waals surface area contributed by atoms with Gasteiger partial charge in [-0.3, -0.25) is 0 Å². The molecule has 3 rings (SSSR count). The van der Waals surface area contributed by atoms with Crippen LogP contribution in [-0.4, -0.2) is 20.6 Å². The second kappa shape index (κ2) is 5.85. The number of aryl methyl sites for hydroxylation is 1. The van der Waals surface area contributed by atoms with E-state index in [0.29, 0.717) is 12.4 Å². The highest BCUT2D eigenvalue weighted by Crippen LogP contribution is 2.25. The van der Waals surface area contributed by atoms with Crippen LogP contribution in [0.4, 0.5) is 4.39 Å². The molecule has 0 fully saturated rings. The van der Waals surface area contributed by atoms with Crippen LogP contribution in [0.15, 0.2) is 36.5 Å². The Hall–Kier alpha value is -2.27. The van der Waals surface area contributed by atoms with Crippen LogP contribution in [0, 0.1) is 12.7 Å². The third-order valence-corrected chi connectivity index (χ3v) is 3.75. The van der Waals surface area contributed by atoms with Crippen molar-refractivity contribution < 1.29 is 4.39 Å². The van der Waals surface area contributed by atoms with E-state index in [1.54, 1.807) is 6.07 Å². The summed E-state index contributed by atoms with van der Waals surface area (Å²) in [5.74, 6) is 0.427. The van der Waals surface area contributed by atoms with Crippen molar-refractivity contribution in [3.05, 3.63) is 47.9 Å². The molecule has 2 N–H and O–H groups in total. The van der Waals surface area contributed by atoms with E-state index in [2.05, 4.69) is 9.97 Å². The van der Waals surface area contributed by atoms with E-state index in [0.717, 1.165) is 28.7 Å². The van der Waals surface area contributed by atoms with Crippen molar-refractivity contribution in [2.45, 2.75) is 32.9 Å². The van der Waals surface area contributed by atoms with Crippen LogP contribution in [-0.2, 0) is 6.54 Å². The first kappa shape index (κ1) is 14.7. The van der Waals surface area contributed by atoms with Crippen LogP contribution in [0.3, 0.4) is 0 Å². The van der Waals surface area contributed by atoms with Crippen LogP contribution >= 0.6 is 0 Å². The second-order valence-electron chi connectivity index (χ2n) is 5.58. The third kappa shape index (κ3) is 2.72. The molecule has 114 valence electrons. The van der Waals surface area contributed by atoms with Crippen molar-refractivity contribution >= 4 is 11.2 Å². The lowest BCUT2D eigenvalue weighted by molar-refractivity contribution is 0.549. The van der Waals surface area contributed by atoms with Gasteiger partial charge in [0.05, 0.1) is 0 Å². The van der Waals surface area contributed by atoms with Crippen molar-refractivity contribution in [1.82, 2.24) is 14.5 Å². The molecule has 3 aromatic rings. The molecular formula is C17H19FN4. The van der Waals surface area contributed by atoms with Crippen molar-refractivity contribution in [2.24, 2.45) is 5.73 Å². The molecule has 4 nitrogen and oxygen atoms in total. The molecule has 0 aliphatic carbocycles. The molecular weight excluding hydrogens is 279 g/mol. The highest BCUT2D eigenvalue weighted by molar-refractivity contribution is 5.77. The summed E-state index contributed by atoms with van der Waals surface area (Å²) in [4.78, 5) is 9.14. The quantitative estimate of drug-likeness (QED) is 0.804. The number of aromatic nitrogens is 3. The number of benzene rings is 1. The average Bonchev–Trinajstić information content (AvgIpc) is 2.85. The predicted molar refractivity (Wildman–Crippen MR) is 85.9 cm³/mol. The first-order valence-electron chi connectivity index (χ1n) is 7.43. The molecule has 0 radical (unpaired) electrons. The lowest BCUT2D eigenvalue weighted by atomic mass is 10.2. The van der Waals surface area contributed by atoms with Gasteiger partial charge in [0, 0.05) is 24.3 Å². The van der Waals surface area contributed by atoms with Crippen molar-refractivity contribution in [3.63, 3.8) is 0 Å². The van der Waals surface area contributed by atoms with Gasteiger partial charge in [0.2, 0.25) is 0 Å². The smallest absolute Gasteiger partial charge is 0.160 e. The number of fused-ring (bicyclic) bond motifs is 1. The Labute approximate surface area is 128 Å². The molecule has 2 heterocycles. The Kier molecular flexibility index (Phi) is 3.90. The molecule has 0 saturated carbocycles. The summed E-state index contributed by atoms with van der Waals surface area (Å²) >= 11 is 0. The largest absolute Gasteiger partial charge is 0.326 e. The Morgan fingerprint density at radius 1 is 1.32 bits per heavy atom. The van der Waals surface area contributed by atoms with E-state index in [-0.39, 0.29) is 11.9 Å². The lowest BCUT2D eigenvalue weighted by Crippen LogP contribution is -2.25. The van der Waals surface area contributed by atoms with Gasteiger partial charge in [-0.25, -0.2) is 14.4 Å². The van der Waals surface area contributed by atoms with E-state index in [1.165, 1.54) is 12.1 Å². The second-order valence-corrected chi connectivity index (χ2v) is 5.58. The van der Waals surface area contributed by atoms with E-state index in [4.69, 9.17) is 5.73 Å². The number of imidazole rings is 1. The standard InChI is InChI=1S/C17H19FN4/c1-3-14(19)10-22-16(12-5-4-6-13(18)8-12)21-15-7-11(2)9-20-17(15)22/h4-9,14H,3,10,19H2,1-2H3. The third-order valence-electron chi connectivity index (χ3n) is 3.75. The average molecular weight is 298 g/mol. The molecule has 5 heteroatoms. The molecule has 0 spiro atoms. The molecule has 22 heavy (non-hydrogen) atoms. The fourth-order valence-electron chi connectivity index (χ4n) is 2.50. The van der Waals surface area contributed by atoms with Crippen molar-refractivity contribution in [1.29, 1.82) is 0 Å². The molecule has 2 aromatic heterocycles. The number of pyridine rings is 1. The summed E-state index contributed by atoms with van der Waals surface area (Å²) in [5, 5.41) is 0. The molecule has 0 aliphatic heterocycles. The molecule has 1 unspecified atom stereocenters. The van der Waals surface area contributed by atoms with Crippen LogP contribution in [0.1, 0.15) is 18.9 Å². The number of nitrogens with zero attached hydrogens (tertiary/aromatic N) is 3. The van der Waals surface area contributed by atoms with Crippen LogP contribution in [0.5, 0.6) is 0 Å². The van der Waals surface area contributed by atoms with E-state index in [9.17, 15) is 4.39 Å². The van der Waals surface area contributed by atoms with Gasteiger partial charge in [-0.05, 0) is 37.1 Å². The topological polar surface area (TPSA) is 56.7 Å². The van der Waals surface area contributed by atoms with Crippen molar-refractivity contribution in [3.8, 4) is 11.4 Å². The van der Waals surface area contributed by atoms with Gasteiger partial charge in [0.1, 0.15) is 17.2 Å². The van der Waals surface area contributed by atoms with E-state index < -0.39 is 0 Å². The minimum Gasteiger partial charge on any atom is -0.326 e. The summed E-state index contributed by atoms with van der Waals surface area (Å²) in [7, 11) is 0. The molecule has 1 atom stereocenters. The molecule has 0 amide bonds. The van der Waals surface area contributed by atoms with Gasteiger partial charge in [-0.15, -0.1) is 0 Å². The first-order chi connectivity index (χ1) is 10.6. The zero-order valence-electron chi connectivity index (χ0n) is 12.8. The van der Waals surface area contributed by atoms with E-state index >= 15 is 0 Å². The predicted octanol–water partition coefficient (Wildman–Crippen LogP) is 3.28. The Balaban J connectivity index is 2.21. The number of rotatable bonds is 4. The summed E-state index contributed by atoms with van der Waals surface area (Å²) in [5.41, 5.74) is 9.48. The number of hydrogen-bond donors (Lipinski definition) is 1. The highest BCUT2D eigenvalue weighted by Gasteiger charge is 2.16. The monoisotopic (exact) mass is 298 g/mol. The highest BCUT2D eigenvalue weighted by atomic mass is 19.1. The molecule has 0 aliphatic rings. The molecule has 0 bridgehead atoms. The number of nitrogens with two attached hydrogens (primary N) is 1. The van der Waals surface area contributed by atoms with Crippen LogP contribution in [0.25, 0.3) is 22.6 Å². The number of halogens is 1. The molecule has 1 aromatic carbocycles. The van der Waals surface area contributed by atoms with Gasteiger partial charge in [-0.1, -0.05) is 19.1 Å². The maximum atomic E-state index is 13.6. The molecule has 0 saturated heterocycles. The minimum absolute atomic E-state index is 0.00723. The van der Waals surface area contributed by atoms with Gasteiger partial charge < -0.3 is 10.3 Å². The zero-order valence-corrected chi connectivity index (χ0v) is 12.8. The first-order valence-corrected chi connectivity index (χ1v) is 7.43. The minimum atomic E-state index is -0.278. The maximum absolute atomic E-state index is 13.6. The number of hydrogen-bond acceptors (Lipinski definition) is 3. The summed E-state index contributed by atoms with van der Waals surface area (Å²) < 4.78 is 15.5. The summed E-state index contributed by atoms with van der Waals surface area (Å²) in [6, 6.07) is 8.45. The zero-order chi connectivity index (χ0) is 15.7. The van der Waals surface area contributed by atoms with Gasteiger partial charge in [0.25, 0.3) is 0 Å².